The normalized spacial score (nSPS) is 10.8. The molecule has 1 rings (SSSR count). The topological polar surface area (TPSA) is 30.2 Å². The molecule has 0 fully saturated rings. The summed E-state index contributed by atoms with van der Waals surface area (Å²) < 4.78 is 1.82. The Labute approximate surface area is 72.4 Å². The molecule has 0 radical (unpaired) electrons. The highest BCUT2D eigenvalue weighted by molar-refractivity contribution is 5.69. The van der Waals surface area contributed by atoms with E-state index in [0.29, 0.717) is 0 Å². The number of nitrogens with zero attached hydrogens (tertiary/aromatic N) is 3. The fourth-order valence-electron chi connectivity index (χ4n) is 0.993. The molecule has 3 heteroatoms. The van der Waals surface area contributed by atoms with E-state index in [1.807, 2.05) is 17.8 Å². The number of allylic oxidation sites excluding steroid dienone is 1. The van der Waals surface area contributed by atoms with E-state index in [9.17, 15) is 0 Å². The lowest BCUT2D eigenvalue weighted by molar-refractivity contribution is 0.767. The molecule has 64 valence electrons. The molecular formula is C9H13N3. The number of imidazole rings is 1. The molecule has 0 atom stereocenters. The van der Waals surface area contributed by atoms with Gasteiger partial charge in [-0.15, -0.1) is 0 Å². The highest BCUT2D eigenvalue weighted by Crippen LogP contribution is 2.03. The number of aromatic nitrogens is 2. The van der Waals surface area contributed by atoms with Gasteiger partial charge < -0.3 is 0 Å². The Hall–Kier alpha value is -1.38. The average Bonchev–Trinajstić information content (AvgIpc) is 2.43. The van der Waals surface area contributed by atoms with E-state index in [0.717, 1.165) is 17.9 Å². The molecule has 0 amide bonds. The van der Waals surface area contributed by atoms with Crippen LogP contribution in [0.5, 0.6) is 0 Å². The van der Waals surface area contributed by atoms with Crippen LogP contribution in [0.3, 0.4) is 0 Å². The number of rotatable bonds is 3. The molecule has 1 aromatic rings. The van der Waals surface area contributed by atoms with Crippen LogP contribution in [-0.2, 0) is 6.42 Å². The monoisotopic (exact) mass is 163 g/mol. The fourth-order valence-corrected chi connectivity index (χ4v) is 0.993. The van der Waals surface area contributed by atoms with Crippen LogP contribution in [0.25, 0.3) is 0 Å². The SMILES string of the molecule is C=C/C=N\n1c(C)cnc1CC. The van der Waals surface area contributed by atoms with Gasteiger partial charge in [-0.25, -0.2) is 9.66 Å². The minimum Gasteiger partial charge on any atom is -0.239 e. The predicted octanol–water partition coefficient (Wildman–Crippen LogP) is 1.77. The van der Waals surface area contributed by atoms with E-state index in [2.05, 4.69) is 23.6 Å². The minimum absolute atomic E-state index is 0.891. The molecule has 0 aliphatic heterocycles. The number of hydrogen-bond acceptors (Lipinski definition) is 2. The summed E-state index contributed by atoms with van der Waals surface area (Å²) in [7, 11) is 0. The molecule has 0 spiro atoms. The predicted molar refractivity (Wildman–Crippen MR) is 50.4 cm³/mol. The van der Waals surface area contributed by atoms with Crippen molar-refractivity contribution in [1.29, 1.82) is 0 Å². The van der Waals surface area contributed by atoms with E-state index in [4.69, 9.17) is 0 Å². The van der Waals surface area contributed by atoms with Crippen LogP contribution >= 0.6 is 0 Å². The summed E-state index contributed by atoms with van der Waals surface area (Å²) in [6, 6.07) is 0. The Balaban J connectivity index is 3.01. The summed E-state index contributed by atoms with van der Waals surface area (Å²) in [4.78, 5) is 4.20. The van der Waals surface area contributed by atoms with E-state index in [-0.39, 0.29) is 0 Å². The van der Waals surface area contributed by atoms with Crippen molar-refractivity contribution in [1.82, 2.24) is 9.66 Å². The zero-order valence-electron chi connectivity index (χ0n) is 7.49. The first-order valence-electron chi connectivity index (χ1n) is 3.98. The second-order valence-corrected chi connectivity index (χ2v) is 2.48. The molecule has 0 saturated heterocycles. The van der Waals surface area contributed by atoms with Gasteiger partial charge in [0.2, 0.25) is 0 Å². The van der Waals surface area contributed by atoms with Gasteiger partial charge in [0, 0.05) is 12.6 Å². The first-order chi connectivity index (χ1) is 5.79. The molecule has 3 nitrogen and oxygen atoms in total. The summed E-state index contributed by atoms with van der Waals surface area (Å²) >= 11 is 0. The summed E-state index contributed by atoms with van der Waals surface area (Å²) in [6.45, 7) is 7.60. The molecule has 0 aromatic carbocycles. The molecule has 0 unspecified atom stereocenters. The van der Waals surface area contributed by atoms with Crippen molar-refractivity contribution < 1.29 is 0 Å². The van der Waals surface area contributed by atoms with Gasteiger partial charge in [-0.3, -0.25) is 0 Å². The maximum Gasteiger partial charge on any atom is 0.129 e. The van der Waals surface area contributed by atoms with Gasteiger partial charge in [-0.1, -0.05) is 13.5 Å². The van der Waals surface area contributed by atoms with Crippen LogP contribution < -0.4 is 0 Å². The molecular weight excluding hydrogens is 150 g/mol. The largest absolute Gasteiger partial charge is 0.239 e. The Morgan fingerprint density at radius 3 is 3.08 bits per heavy atom. The van der Waals surface area contributed by atoms with Crippen LogP contribution in [0.4, 0.5) is 0 Å². The van der Waals surface area contributed by atoms with Gasteiger partial charge >= 0.3 is 0 Å². The molecule has 1 heterocycles. The molecule has 0 saturated carbocycles. The highest BCUT2D eigenvalue weighted by atomic mass is 15.4. The lowest BCUT2D eigenvalue weighted by Crippen LogP contribution is -1.97. The molecule has 0 bridgehead atoms. The third-order valence-corrected chi connectivity index (χ3v) is 1.58. The van der Waals surface area contributed by atoms with Gasteiger partial charge in [0.25, 0.3) is 0 Å². The van der Waals surface area contributed by atoms with E-state index >= 15 is 0 Å². The van der Waals surface area contributed by atoms with Gasteiger partial charge in [0.1, 0.15) is 5.82 Å². The van der Waals surface area contributed by atoms with Crippen molar-refractivity contribution in [3.63, 3.8) is 0 Å². The first kappa shape index (κ1) is 8.71. The Bertz CT molecular complexity index is 297. The van der Waals surface area contributed by atoms with Gasteiger partial charge in [-0.05, 0) is 13.0 Å². The second-order valence-electron chi connectivity index (χ2n) is 2.48. The minimum atomic E-state index is 0.891. The van der Waals surface area contributed by atoms with Crippen molar-refractivity contribution in [3.8, 4) is 0 Å². The van der Waals surface area contributed by atoms with E-state index < -0.39 is 0 Å². The summed E-state index contributed by atoms with van der Waals surface area (Å²) in [5, 5.41) is 4.17. The van der Waals surface area contributed by atoms with Crippen molar-refractivity contribution in [3.05, 3.63) is 30.4 Å². The van der Waals surface area contributed by atoms with E-state index in [1.165, 1.54) is 0 Å². The Morgan fingerprint density at radius 2 is 2.50 bits per heavy atom. The smallest absolute Gasteiger partial charge is 0.129 e. The molecule has 0 aliphatic rings. The Morgan fingerprint density at radius 1 is 1.75 bits per heavy atom. The maximum absolute atomic E-state index is 4.20. The standard InChI is InChI=1S/C9H13N3/c1-4-6-11-12-8(3)7-10-9(12)5-2/h4,6-7H,1,5H2,2-3H3/b11-6-. The van der Waals surface area contributed by atoms with Crippen LogP contribution in [0.15, 0.2) is 24.0 Å². The Kier molecular flexibility index (Phi) is 2.80. The molecule has 0 N–H and O–H groups in total. The van der Waals surface area contributed by atoms with Gasteiger partial charge in [0.05, 0.1) is 11.9 Å². The molecule has 1 aromatic heterocycles. The summed E-state index contributed by atoms with van der Waals surface area (Å²) in [6.07, 6.45) is 6.02. The van der Waals surface area contributed by atoms with E-state index in [1.54, 1.807) is 12.3 Å². The second kappa shape index (κ2) is 3.85. The number of aryl methyl sites for hydroxylation is 2. The zero-order chi connectivity index (χ0) is 8.97. The fraction of sp³-hybridized carbons (Fsp3) is 0.333. The van der Waals surface area contributed by atoms with Crippen molar-refractivity contribution in [2.45, 2.75) is 20.3 Å². The van der Waals surface area contributed by atoms with Gasteiger partial charge in [-0.2, -0.15) is 5.10 Å². The molecule has 12 heavy (non-hydrogen) atoms. The van der Waals surface area contributed by atoms with Crippen LogP contribution in [0.2, 0.25) is 0 Å². The lowest BCUT2D eigenvalue weighted by Gasteiger charge is -1.99. The lowest BCUT2D eigenvalue weighted by atomic mass is 10.5. The van der Waals surface area contributed by atoms with Gasteiger partial charge in [0.15, 0.2) is 0 Å². The average molecular weight is 163 g/mol. The summed E-state index contributed by atoms with van der Waals surface area (Å²) in [5.74, 6) is 0.977. The third kappa shape index (κ3) is 1.61. The van der Waals surface area contributed by atoms with Crippen LogP contribution in [0.1, 0.15) is 18.4 Å². The zero-order valence-corrected chi connectivity index (χ0v) is 7.49. The van der Waals surface area contributed by atoms with Crippen LogP contribution in [0, 0.1) is 6.92 Å². The van der Waals surface area contributed by atoms with Crippen LogP contribution in [-0.4, -0.2) is 15.9 Å². The van der Waals surface area contributed by atoms with Crippen molar-refractivity contribution in [2.75, 3.05) is 0 Å². The maximum atomic E-state index is 4.20. The van der Waals surface area contributed by atoms with Crippen molar-refractivity contribution in [2.24, 2.45) is 5.10 Å². The van der Waals surface area contributed by atoms with Crippen molar-refractivity contribution >= 4 is 6.21 Å². The highest BCUT2D eigenvalue weighted by Gasteiger charge is 2.01. The first-order valence-corrected chi connectivity index (χ1v) is 3.98. The summed E-state index contributed by atoms with van der Waals surface area (Å²) in [5.41, 5.74) is 1.05. The number of hydrogen-bond donors (Lipinski definition) is 0. The quantitative estimate of drug-likeness (QED) is 0.624. The third-order valence-electron chi connectivity index (χ3n) is 1.58. The molecule has 0 aliphatic carbocycles.